The smallest absolute Gasteiger partial charge is 0.321 e. The molecule has 0 radical (unpaired) electrons. The van der Waals surface area contributed by atoms with Crippen LogP contribution in [0.3, 0.4) is 0 Å². The van der Waals surface area contributed by atoms with Crippen molar-refractivity contribution in [1.29, 1.82) is 0 Å². The zero-order valence-corrected chi connectivity index (χ0v) is 14.1. The van der Waals surface area contributed by atoms with Crippen LogP contribution < -0.4 is 10.6 Å². The molecular weight excluding hydrogens is 324 g/mol. The summed E-state index contributed by atoms with van der Waals surface area (Å²) in [7, 11) is 0. The van der Waals surface area contributed by atoms with Crippen LogP contribution >= 0.6 is 11.3 Å². The van der Waals surface area contributed by atoms with Crippen LogP contribution in [0, 0.1) is 0 Å². The Hall–Kier alpha value is -2.06. The van der Waals surface area contributed by atoms with Crippen LogP contribution in [-0.4, -0.2) is 51.3 Å². The van der Waals surface area contributed by atoms with Crippen LogP contribution in [0.25, 0.3) is 10.7 Å². The summed E-state index contributed by atoms with van der Waals surface area (Å²) < 4.78 is 0. The van der Waals surface area contributed by atoms with E-state index < -0.39 is 0 Å². The molecule has 2 aliphatic heterocycles. The van der Waals surface area contributed by atoms with Gasteiger partial charge in [0, 0.05) is 24.8 Å². The Morgan fingerprint density at radius 2 is 2.17 bits per heavy atom. The first-order valence-electron chi connectivity index (χ1n) is 8.36. The van der Waals surface area contributed by atoms with Gasteiger partial charge in [-0.1, -0.05) is 23.8 Å². The number of carbonyl (C=O) groups excluding carboxylic acids is 1. The van der Waals surface area contributed by atoms with Crippen LogP contribution in [0.2, 0.25) is 0 Å². The maximum atomic E-state index is 12.3. The Bertz CT molecular complexity index is 706. The topological polar surface area (TPSA) is 83.0 Å². The van der Waals surface area contributed by atoms with Crippen molar-refractivity contribution in [2.24, 2.45) is 0 Å². The lowest BCUT2D eigenvalue weighted by Crippen LogP contribution is -2.47. The highest BCUT2D eigenvalue weighted by Crippen LogP contribution is 2.27. The summed E-state index contributed by atoms with van der Waals surface area (Å²) in [6, 6.07) is 6.15. The van der Waals surface area contributed by atoms with Gasteiger partial charge in [0.25, 0.3) is 0 Å². The summed E-state index contributed by atoms with van der Waals surface area (Å²) in [6.45, 7) is 2.24. The van der Waals surface area contributed by atoms with E-state index in [1.165, 1.54) is 30.6 Å². The summed E-state index contributed by atoms with van der Waals surface area (Å²) in [4.78, 5) is 19.0. The maximum absolute atomic E-state index is 12.3. The molecule has 2 aromatic rings. The molecule has 2 saturated heterocycles. The molecule has 0 unspecified atom stereocenters. The molecular formula is C16H20N6OS. The zero-order valence-electron chi connectivity index (χ0n) is 13.3. The number of hydrogen-bond acceptors (Lipinski definition) is 6. The molecule has 2 N–H and O–H groups in total. The maximum Gasteiger partial charge on any atom is 0.321 e. The molecule has 0 aliphatic carbocycles. The van der Waals surface area contributed by atoms with Gasteiger partial charge in [0.05, 0.1) is 0 Å². The molecule has 4 rings (SSSR count). The lowest BCUT2D eigenvalue weighted by Gasteiger charge is -2.32. The van der Waals surface area contributed by atoms with Crippen molar-refractivity contribution < 1.29 is 4.79 Å². The van der Waals surface area contributed by atoms with Crippen molar-refractivity contribution in [2.75, 3.05) is 18.4 Å². The summed E-state index contributed by atoms with van der Waals surface area (Å²) >= 11 is 1.33. The second-order valence-corrected chi connectivity index (χ2v) is 7.20. The first-order chi connectivity index (χ1) is 11.8. The second-order valence-electron chi connectivity index (χ2n) is 6.22. The number of rotatable bonds is 3. The van der Waals surface area contributed by atoms with Crippen LogP contribution in [0.5, 0.6) is 0 Å². The fourth-order valence-corrected chi connectivity index (χ4v) is 4.30. The molecule has 8 heteroatoms. The van der Waals surface area contributed by atoms with E-state index in [1.54, 1.807) is 6.20 Å². The zero-order chi connectivity index (χ0) is 16.4. The van der Waals surface area contributed by atoms with Gasteiger partial charge in [0.2, 0.25) is 5.13 Å². The molecule has 0 saturated carbocycles. The number of urea groups is 1. The van der Waals surface area contributed by atoms with E-state index >= 15 is 0 Å². The third-order valence-corrected chi connectivity index (χ3v) is 5.56. The fraction of sp³-hybridized carbons (Fsp3) is 0.500. The van der Waals surface area contributed by atoms with Crippen molar-refractivity contribution in [2.45, 2.75) is 37.8 Å². The van der Waals surface area contributed by atoms with Gasteiger partial charge in [-0.3, -0.25) is 15.2 Å². The molecule has 2 atom stereocenters. The average molecular weight is 344 g/mol. The van der Waals surface area contributed by atoms with Crippen molar-refractivity contribution in [3.05, 3.63) is 24.4 Å². The normalized spacial score (nSPS) is 23.7. The van der Waals surface area contributed by atoms with Crippen LogP contribution in [-0.2, 0) is 0 Å². The molecule has 0 spiro atoms. The Labute approximate surface area is 144 Å². The van der Waals surface area contributed by atoms with Gasteiger partial charge < -0.3 is 5.32 Å². The van der Waals surface area contributed by atoms with Gasteiger partial charge in [-0.2, -0.15) is 0 Å². The molecule has 2 aromatic heterocycles. The molecule has 2 fully saturated rings. The van der Waals surface area contributed by atoms with Gasteiger partial charge >= 0.3 is 6.03 Å². The molecule has 7 nitrogen and oxygen atoms in total. The number of fused-ring (bicyclic) bond motifs is 1. The number of anilines is 1. The minimum Gasteiger partial charge on any atom is -0.333 e. The quantitative estimate of drug-likeness (QED) is 0.893. The molecule has 2 aliphatic rings. The number of carbonyl (C=O) groups is 1. The van der Waals surface area contributed by atoms with E-state index in [4.69, 9.17) is 0 Å². The Balaban J connectivity index is 1.36. The Morgan fingerprint density at radius 3 is 3.04 bits per heavy atom. The largest absolute Gasteiger partial charge is 0.333 e. The third kappa shape index (κ3) is 3.25. The van der Waals surface area contributed by atoms with Crippen molar-refractivity contribution in [1.82, 2.24) is 25.4 Å². The van der Waals surface area contributed by atoms with E-state index in [1.807, 2.05) is 18.2 Å². The third-order valence-electron chi connectivity index (χ3n) is 4.70. The number of aromatic nitrogens is 3. The van der Waals surface area contributed by atoms with Gasteiger partial charge in [0.15, 0.2) is 5.01 Å². The minimum atomic E-state index is -0.198. The molecule has 2 amide bonds. The van der Waals surface area contributed by atoms with Gasteiger partial charge in [-0.15, -0.1) is 10.2 Å². The highest BCUT2D eigenvalue weighted by atomic mass is 32.1. The summed E-state index contributed by atoms with van der Waals surface area (Å²) in [5, 5.41) is 15.2. The summed E-state index contributed by atoms with van der Waals surface area (Å²) in [5.74, 6) is 0. The predicted octanol–water partition coefficient (Wildman–Crippen LogP) is 2.35. The first kappa shape index (κ1) is 15.5. The molecule has 126 valence electrons. The Morgan fingerprint density at radius 1 is 1.21 bits per heavy atom. The highest BCUT2D eigenvalue weighted by molar-refractivity contribution is 7.18. The van der Waals surface area contributed by atoms with Crippen molar-refractivity contribution >= 4 is 22.5 Å². The molecule has 4 heterocycles. The van der Waals surface area contributed by atoms with Gasteiger partial charge in [0.1, 0.15) is 5.69 Å². The van der Waals surface area contributed by atoms with Crippen molar-refractivity contribution in [3.8, 4) is 10.7 Å². The molecule has 24 heavy (non-hydrogen) atoms. The molecule has 0 bridgehead atoms. The lowest BCUT2D eigenvalue weighted by molar-refractivity contribution is 0.180. The minimum absolute atomic E-state index is 0.198. The standard InChI is InChI=1S/C16H20N6OS/c23-15(18-11-7-10-22-9-4-2-6-13(11)22)19-16-21-20-14(24-16)12-5-1-3-8-17-12/h1,3,5,8,11,13H,2,4,6-7,9-10H2,(H2,18,19,21,23)/t11-,13-/m0/s1. The number of piperidine rings is 1. The number of hydrogen-bond donors (Lipinski definition) is 2. The van der Waals surface area contributed by atoms with Gasteiger partial charge in [-0.25, -0.2) is 4.79 Å². The first-order valence-corrected chi connectivity index (χ1v) is 9.18. The number of amides is 2. The summed E-state index contributed by atoms with van der Waals surface area (Å²) in [5.41, 5.74) is 0.761. The lowest BCUT2D eigenvalue weighted by atomic mass is 9.99. The van der Waals surface area contributed by atoms with Crippen LogP contribution in [0.1, 0.15) is 25.7 Å². The number of nitrogens with zero attached hydrogens (tertiary/aromatic N) is 4. The van der Waals surface area contributed by atoms with E-state index in [0.29, 0.717) is 16.2 Å². The summed E-state index contributed by atoms with van der Waals surface area (Å²) in [6.07, 6.45) is 6.44. The Kier molecular flexibility index (Phi) is 4.40. The van der Waals surface area contributed by atoms with Crippen LogP contribution in [0.15, 0.2) is 24.4 Å². The number of pyridine rings is 1. The van der Waals surface area contributed by atoms with Crippen LogP contribution in [0.4, 0.5) is 9.93 Å². The predicted molar refractivity (Wildman–Crippen MR) is 92.9 cm³/mol. The average Bonchev–Trinajstić information content (AvgIpc) is 3.23. The second kappa shape index (κ2) is 6.82. The highest BCUT2D eigenvalue weighted by Gasteiger charge is 2.36. The van der Waals surface area contributed by atoms with Crippen molar-refractivity contribution in [3.63, 3.8) is 0 Å². The van der Waals surface area contributed by atoms with Gasteiger partial charge in [-0.05, 0) is 37.9 Å². The fourth-order valence-electron chi connectivity index (χ4n) is 3.58. The monoisotopic (exact) mass is 344 g/mol. The number of nitrogens with one attached hydrogen (secondary N) is 2. The molecule has 0 aromatic carbocycles. The SMILES string of the molecule is O=C(Nc1nnc(-c2ccccn2)s1)N[C@H]1CCN2CCCC[C@@H]12. The van der Waals surface area contributed by atoms with E-state index in [-0.39, 0.29) is 12.1 Å². The van der Waals surface area contributed by atoms with E-state index in [2.05, 4.69) is 30.7 Å². The van der Waals surface area contributed by atoms with E-state index in [0.717, 1.165) is 25.2 Å². The van der Waals surface area contributed by atoms with E-state index in [9.17, 15) is 4.79 Å².